The number of hydrogen-bond donors (Lipinski definition) is 0. The van der Waals surface area contributed by atoms with E-state index in [1.165, 1.54) is 12.4 Å². The summed E-state index contributed by atoms with van der Waals surface area (Å²) in [6, 6.07) is 7.56. The molecule has 1 unspecified atom stereocenters. The van der Waals surface area contributed by atoms with Crippen molar-refractivity contribution < 1.29 is 18.7 Å². The molecule has 1 atom stereocenters. The van der Waals surface area contributed by atoms with Crippen molar-refractivity contribution in [2.75, 3.05) is 18.1 Å². The van der Waals surface area contributed by atoms with Gasteiger partial charge in [-0.25, -0.2) is 28.4 Å². The first-order chi connectivity index (χ1) is 18.1. The van der Waals surface area contributed by atoms with E-state index in [0.29, 0.717) is 47.2 Å². The molecule has 38 heavy (non-hydrogen) atoms. The molecule has 1 aromatic carbocycles. The van der Waals surface area contributed by atoms with Crippen LogP contribution in [0.3, 0.4) is 0 Å². The molecule has 10 nitrogen and oxygen atoms in total. The van der Waals surface area contributed by atoms with Gasteiger partial charge in [-0.2, -0.15) is 10.2 Å². The number of halogens is 1. The van der Waals surface area contributed by atoms with Crippen molar-refractivity contribution in [3.63, 3.8) is 0 Å². The van der Waals surface area contributed by atoms with Gasteiger partial charge in [0, 0.05) is 26.4 Å². The fraction of sp³-hybridized carbons (Fsp3) is 0.423. The maximum Gasteiger partial charge on any atom is 0.415 e. The number of carbonyl (C=O) groups excluding carboxylic acids is 1. The second-order valence-corrected chi connectivity index (χ2v) is 16.6. The number of cyclic esters (lactones) is 1. The molecule has 4 aromatic rings. The highest BCUT2D eigenvalue weighted by Gasteiger charge is 2.37. The van der Waals surface area contributed by atoms with E-state index in [1.807, 2.05) is 13.8 Å². The van der Waals surface area contributed by atoms with E-state index in [-0.39, 0.29) is 18.7 Å². The number of rotatable bonds is 9. The average Bonchev–Trinajstić information content (AvgIpc) is 3.59. The number of nitrogens with zero attached hydrogens (tertiary/aromatic N) is 7. The van der Waals surface area contributed by atoms with Gasteiger partial charge in [-0.3, -0.25) is 4.90 Å². The highest BCUT2D eigenvalue weighted by Crippen LogP contribution is 2.31. The predicted octanol–water partition coefficient (Wildman–Crippen LogP) is 5.09. The quantitative estimate of drug-likeness (QED) is 0.217. The fourth-order valence-corrected chi connectivity index (χ4v) is 5.10. The summed E-state index contributed by atoms with van der Waals surface area (Å²) in [5, 5.41) is 8.58. The summed E-state index contributed by atoms with van der Waals surface area (Å²) < 4.78 is 29.6. The Labute approximate surface area is 221 Å². The Balaban J connectivity index is 1.41. The molecule has 3 aromatic heterocycles. The molecule has 4 heterocycles. The number of amides is 1. The van der Waals surface area contributed by atoms with Gasteiger partial charge >= 0.3 is 6.09 Å². The minimum atomic E-state index is -1.21. The first-order valence-electron chi connectivity index (χ1n) is 12.7. The second-order valence-electron chi connectivity index (χ2n) is 11.0. The molecule has 1 amide bonds. The minimum absolute atomic E-state index is 0.114. The van der Waals surface area contributed by atoms with Crippen molar-refractivity contribution in [1.82, 2.24) is 29.4 Å². The number of benzene rings is 1. The Morgan fingerprint density at radius 1 is 1.18 bits per heavy atom. The Hall–Kier alpha value is -3.64. The first-order valence-corrected chi connectivity index (χ1v) is 16.4. The van der Waals surface area contributed by atoms with Crippen LogP contribution < -0.4 is 4.90 Å². The molecule has 200 valence electrons. The van der Waals surface area contributed by atoms with Crippen LogP contribution in [0.25, 0.3) is 28.2 Å². The molecule has 0 spiro atoms. The summed E-state index contributed by atoms with van der Waals surface area (Å²) in [6.07, 6.45) is 4.34. The van der Waals surface area contributed by atoms with Crippen LogP contribution in [-0.4, -0.2) is 62.8 Å². The van der Waals surface area contributed by atoms with Gasteiger partial charge in [0.2, 0.25) is 0 Å². The normalized spacial score (nSPS) is 16.1. The van der Waals surface area contributed by atoms with Crippen LogP contribution in [0.15, 0.2) is 43.0 Å². The molecular formula is C26H32FN7O3Si. The zero-order chi connectivity index (χ0) is 27.0. The molecule has 0 saturated carbocycles. The highest BCUT2D eigenvalue weighted by atomic mass is 28.3. The second kappa shape index (κ2) is 10.3. The summed E-state index contributed by atoms with van der Waals surface area (Å²) in [5.41, 5.74) is 2.08. The lowest BCUT2D eigenvalue weighted by atomic mass is 10.0. The van der Waals surface area contributed by atoms with Gasteiger partial charge in [-0.1, -0.05) is 39.6 Å². The number of fused-ring (bicyclic) bond motifs is 1. The van der Waals surface area contributed by atoms with Crippen LogP contribution in [0.2, 0.25) is 25.7 Å². The molecular weight excluding hydrogens is 505 g/mol. The lowest BCUT2D eigenvalue weighted by Crippen LogP contribution is -2.37. The van der Waals surface area contributed by atoms with Gasteiger partial charge in [0.15, 0.2) is 11.5 Å². The Morgan fingerprint density at radius 3 is 2.74 bits per heavy atom. The predicted molar refractivity (Wildman–Crippen MR) is 144 cm³/mol. The zero-order valence-electron chi connectivity index (χ0n) is 22.3. The fourth-order valence-electron chi connectivity index (χ4n) is 4.35. The summed E-state index contributed by atoms with van der Waals surface area (Å²) in [4.78, 5) is 23.0. The molecule has 1 aliphatic heterocycles. The molecule has 0 radical (unpaired) electrons. The lowest BCUT2D eigenvalue weighted by Gasteiger charge is -2.23. The highest BCUT2D eigenvalue weighted by molar-refractivity contribution is 6.76. The van der Waals surface area contributed by atoms with Crippen LogP contribution in [0, 0.1) is 11.7 Å². The van der Waals surface area contributed by atoms with Crippen LogP contribution in [-0.2, 0) is 16.2 Å². The number of ether oxygens (including phenoxy) is 2. The summed E-state index contributed by atoms with van der Waals surface area (Å²) in [5.74, 6) is 0.616. The van der Waals surface area contributed by atoms with Crippen LogP contribution in [0.5, 0.6) is 0 Å². The molecule has 1 fully saturated rings. The Bertz CT molecular complexity index is 1460. The van der Waals surface area contributed by atoms with Crippen molar-refractivity contribution in [2.24, 2.45) is 5.92 Å². The Morgan fingerprint density at radius 2 is 2.00 bits per heavy atom. The molecule has 0 N–H and O–H groups in total. The molecule has 12 heteroatoms. The van der Waals surface area contributed by atoms with Gasteiger partial charge in [-0.05, 0) is 35.7 Å². The summed E-state index contributed by atoms with van der Waals surface area (Å²) >= 11 is 0. The largest absolute Gasteiger partial charge is 0.447 e. The molecule has 1 saturated heterocycles. The zero-order valence-corrected chi connectivity index (χ0v) is 23.3. The van der Waals surface area contributed by atoms with E-state index >= 15 is 4.39 Å². The lowest BCUT2D eigenvalue weighted by molar-refractivity contribution is 0.0796. The van der Waals surface area contributed by atoms with Crippen LogP contribution in [0.1, 0.15) is 13.8 Å². The van der Waals surface area contributed by atoms with Crippen LogP contribution in [0.4, 0.5) is 15.0 Å². The van der Waals surface area contributed by atoms with E-state index < -0.39 is 20.0 Å². The van der Waals surface area contributed by atoms with Crippen molar-refractivity contribution in [2.45, 2.75) is 52.3 Å². The molecule has 1 aliphatic rings. The number of aromatic nitrogens is 6. The number of anilines is 1. The third-order valence-corrected chi connectivity index (χ3v) is 8.33. The molecule has 0 aliphatic carbocycles. The third kappa shape index (κ3) is 5.18. The minimum Gasteiger partial charge on any atom is -0.447 e. The monoisotopic (exact) mass is 537 g/mol. The van der Waals surface area contributed by atoms with E-state index in [9.17, 15) is 4.79 Å². The first kappa shape index (κ1) is 26.0. The van der Waals surface area contributed by atoms with Crippen LogP contribution >= 0.6 is 0 Å². The van der Waals surface area contributed by atoms with Crippen molar-refractivity contribution in [1.29, 1.82) is 0 Å². The van der Waals surface area contributed by atoms with Crippen molar-refractivity contribution in [3.8, 4) is 22.5 Å². The molecule has 0 bridgehead atoms. The van der Waals surface area contributed by atoms with Gasteiger partial charge in [0.25, 0.3) is 0 Å². The molecule has 5 rings (SSSR count). The van der Waals surface area contributed by atoms with E-state index in [0.717, 1.165) is 6.04 Å². The van der Waals surface area contributed by atoms with Gasteiger partial charge in [0.05, 0.1) is 17.8 Å². The standard InChI is InChI=1S/C26H32FN7O3Si/c1-17(2)22-14-37-26(35)34(22)23-8-9-32-25(31-23)20(13-29-32)18-6-7-19(21(27)12-18)24-28-15-30-33(24)16-36-10-11-38(3,4)5/h6-9,12-13,15,17,22H,10-11,14,16H2,1-5H3. The van der Waals surface area contributed by atoms with Gasteiger partial charge in [-0.15, -0.1) is 0 Å². The Kier molecular flexibility index (Phi) is 7.01. The van der Waals surface area contributed by atoms with E-state index in [2.05, 4.69) is 34.8 Å². The SMILES string of the molecule is CC(C)C1COC(=O)N1c1ccn2ncc(-c3ccc(-c4ncnn4COCC[Si](C)(C)C)c(F)c3)c2n1. The number of carbonyl (C=O) groups is 1. The maximum atomic E-state index is 15.4. The van der Waals surface area contributed by atoms with Crippen molar-refractivity contribution >= 4 is 25.6 Å². The van der Waals surface area contributed by atoms with E-state index in [4.69, 9.17) is 14.5 Å². The van der Waals surface area contributed by atoms with Crippen molar-refractivity contribution in [3.05, 3.63) is 48.8 Å². The average molecular weight is 538 g/mol. The van der Waals surface area contributed by atoms with E-state index in [1.54, 1.807) is 44.7 Å². The third-order valence-electron chi connectivity index (χ3n) is 6.62. The summed E-state index contributed by atoms with van der Waals surface area (Å²) in [7, 11) is -1.21. The topological polar surface area (TPSA) is 99.7 Å². The van der Waals surface area contributed by atoms with Gasteiger partial charge < -0.3 is 9.47 Å². The summed E-state index contributed by atoms with van der Waals surface area (Å²) in [6.45, 7) is 12.1. The van der Waals surface area contributed by atoms with Gasteiger partial charge in [0.1, 0.15) is 31.3 Å². The number of hydrogen-bond acceptors (Lipinski definition) is 7. The smallest absolute Gasteiger partial charge is 0.415 e. The maximum absolute atomic E-state index is 15.4.